The zero-order chi connectivity index (χ0) is 36.0. The van der Waals surface area contributed by atoms with E-state index >= 15 is 4.79 Å². The number of carbonyl (C=O) groups excluding carboxylic acids is 3. The molecule has 0 bridgehead atoms. The summed E-state index contributed by atoms with van der Waals surface area (Å²) in [5.74, 6) is -1.70. The second-order valence-corrected chi connectivity index (χ2v) is 13.3. The fraction of sp³-hybridized carbons (Fsp3) is 0.325. The second-order valence-electron chi connectivity index (χ2n) is 13.3. The molecule has 0 unspecified atom stereocenters. The highest BCUT2D eigenvalue weighted by Crippen LogP contribution is 2.40. The van der Waals surface area contributed by atoms with Crippen LogP contribution in [0.25, 0.3) is 0 Å². The maximum atomic E-state index is 15.3. The third kappa shape index (κ3) is 8.46. The predicted molar refractivity (Wildman–Crippen MR) is 190 cm³/mol. The van der Waals surface area contributed by atoms with Crippen molar-refractivity contribution in [3.8, 4) is 0 Å². The molecule has 266 valence electrons. The molecule has 2 aliphatic heterocycles. The number of amides is 4. The van der Waals surface area contributed by atoms with Crippen LogP contribution in [0.2, 0.25) is 0 Å². The highest BCUT2D eigenvalue weighted by atomic mass is 16.8. The quantitative estimate of drug-likeness (QED) is 0.190. The number of hydroxylamine groups is 2. The Balaban J connectivity index is 1.48. The number of carbonyl (C=O) groups is 3. The van der Waals surface area contributed by atoms with Gasteiger partial charge >= 0.3 is 6.03 Å². The minimum absolute atomic E-state index is 0.197. The van der Waals surface area contributed by atoms with Crippen LogP contribution < -0.4 is 11.0 Å². The van der Waals surface area contributed by atoms with Crippen molar-refractivity contribution in [1.82, 2.24) is 20.8 Å². The molecular formula is C40H44N4O7. The first-order valence-corrected chi connectivity index (χ1v) is 17.0. The van der Waals surface area contributed by atoms with Gasteiger partial charge in [-0.1, -0.05) is 84.9 Å². The number of urea groups is 1. The van der Waals surface area contributed by atoms with E-state index in [1.54, 1.807) is 36.4 Å². The van der Waals surface area contributed by atoms with E-state index in [0.29, 0.717) is 24.0 Å². The first kappa shape index (κ1) is 35.7. The van der Waals surface area contributed by atoms with Gasteiger partial charge in [0.2, 0.25) is 0 Å². The van der Waals surface area contributed by atoms with E-state index in [-0.39, 0.29) is 19.1 Å². The van der Waals surface area contributed by atoms with Gasteiger partial charge in [0, 0.05) is 24.2 Å². The summed E-state index contributed by atoms with van der Waals surface area (Å²) in [6.07, 6.45) is 0.0221. The maximum absolute atomic E-state index is 15.3. The van der Waals surface area contributed by atoms with Crippen LogP contribution >= 0.6 is 0 Å². The Morgan fingerprint density at radius 3 is 1.41 bits per heavy atom. The molecule has 0 aromatic heterocycles. The topological polar surface area (TPSA) is 119 Å². The summed E-state index contributed by atoms with van der Waals surface area (Å²) in [4.78, 5) is 54.2. The Bertz CT molecular complexity index is 1690. The molecule has 2 N–H and O–H groups in total. The Kier molecular flexibility index (Phi) is 11.1. The molecule has 11 heteroatoms. The molecule has 2 saturated heterocycles. The monoisotopic (exact) mass is 692 g/mol. The second kappa shape index (κ2) is 15.9. The van der Waals surface area contributed by atoms with E-state index in [0.717, 1.165) is 22.3 Å². The molecule has 11 nitrogen and oxygen atoms in total. The summed E-state index contributed by atoms with van der Waals surface area (Å²) >= 11 is 0. The number of fused-ring (bicyclic) bond motifs is 1. The lowest BCUT2D eigenvalue weighted by Crippen LogP contribution is -2.51. The van der Waals surface area contributed by atoms with Crippen LogP contribution in [-0.2, 0) is 45.1 Å². The third-order valence-electron chi connectivity index (χ3n) is 9.26. The standard InChI is InChI=1S/C40H44N4O7/c1-40(2)50-35-33(23-27-13-7-5-8-14-27)43(25-29-17-11-19-31(21-29)37(45)41-48-3)39(47)44(26-30-18-12-20-32(22-30)38(46)42-49-4)34(36(35)51-40)24-28-15-9-6-10-16-28/h5-22,33-36H,23-26H2,1-4H3,(H,41,45)(H,42,46)/t33-,34-,35+,36+/m1/s1. The van der Waals surface area contributed by atoms with Gasteiger partial charge in [-0.25, -0.2) is 15.8 Å². The van der Waals surface area contributed by atoms with Crippen LogP contribution in [0.1, 0.15) is 56.8 Å². The lowest BCUT2D eigenvalue weighted by atomic mass is 9.90. The molecule has 51 heavy (non-hydrogen) atoms. The molecule has 6 rings (SSSR count). The average molecular weight is 693 g/mol. The van der Waals surface area contributed by atoms with Crippen molar-refractivity contribution in [2.45, 2.75) is 69.9 Å². The normalized spacial score (nSPS) is 21.1. The predicted octanol–water partition coefficient (Wildman–Crippen LogP) is 5.45. The highest BCUT2D eigenvalue weighted by molar-refractivity contribution is 5.94. The molecule has 4 aromatic rings. The van der Waals surface area contributed by atoms with Gasteiger partial charge in [-0.15, -0.1) is 0 Å². The highest BCUT2D eigenvalue weighted by Gasteiger charge is 2.55. The van der Waals surface area contributed by atoms with Gasteiger partial charge in [0.15, 0.2) is 5.79 Å². The minimum atomic E-state index is -0.923. The number of benzene rings is 4. The first-order valence-electron chi connectivity index (χ1n) is 17.0. The summed E-state index contributed by atoms with van der Waals surface area (Å²) in [5.41, 5.74) is 9.18. The van der Waals surface area contributed by atoms with Gasteiger partial charge in [-0.2, -0.15) is 0 Å². The summed E-state index contributed by atoms with van der Waals surface area (Å²) < 4.78 is 13.6. The number of nitrogens with zero attached hydrogens (tertiary/aromatic N) is 2. The number of nitrogens with one attached hydrogen (secondary N) is 2. The van der Waals surface area contributed by atoms with Gasteiger partial charge in [-0.05, 0) is 73.2 Å². The van der Waals surface area contributed by atoms with E-state index < -0.39 is 41.9 Å². The van der Waals surface area contributed by atoms with Crippen molar-refractivity contribution < 1.29 is 33.5 Å². The number of rotatable bonds is 12. The molecule has 4 aromatic carbocycles. The molecule has 0 spiro atoms. The minimum Gasteiger partial charge on any atom is -0.342 e. The van der Waals surface area contributed by atoms with Crippen molar-refractivity contribution >= 4 is 17.8 Å². The van der Waals surface area contributed by atoms with Gasteiger partial charge in [0.1, 0.15) is 12.2 Å². The average Bonchev–Trinajstić information content (AvgIpc) is 3.44. The van der Waals surface area contributed by atoms with Crippen LogP contribution in [0.15, 0.2) is 109 Å². The van der Waals surface area contributed by atoms with Crippen molar-refractivity contribution in [3.05, 3.63) is 143 Å². The summed E-state index contributed by atoms with van der Waals surface area (Å²) in [6.45, 7) is 4.21. The SMILES string of the molecule is CONC(=O)c1cccc(CN2C(=O)N(Cc3cccc(C(=O)NOC)c3)[C@H](Cc3ccccc3)[C@@H]3OC(C)(C)O[C@H]3[C@H]2Cc2ccccc2)c1. The molecule has 0 radical (unpaired) electrons. The van der Waals surface area contributed by atoms with Crippen LogP contribution in [0.4, 0.5) is 4.79 Å². The molecule has 2 fully saturated rings. The van der Waals surface area contributed by atoms with Gasteiger partial charge in [-0.3, -0.25) is 19.3 Å². The van der Waals surface area contributed by atoms with Crippen LogP contribution in [0, 0.1) is 0 Å². The van der Waals surface area contributed by atoms with E-state index in [9.17, 15) is 9.59 Å². The smallest absolute Gasteiger partial charge is 0.321 e. The zero-order valence-electron chi connectivity index (χ0n) is 29.3. The molecule has 4 atom stereocenters. The molecule has 0 aliphatic carbocycles. The van der Waals surface area contributed by atoms with E-state index in [2.05, 4.69) is 35.2 Å². The van der Waals surface area contributed by atoms with E-state index in [4.69, 9.17) is 19.1 Å². The molecule has 0 saturated carbocycles. The number of hydrogen-bond acceptors (Lipinski definition) is 7. The number of hydrogen-bond donors (Lipinski definition) is 2. The Labute approximate surface area is 298 Å². The van der Waals surface area contributed by atoms with Crippen LogP contribution in [-0.4, -0.2) is 71.9 Å². The molecule has 2 aliphatic rings. The van der Waals surface area contributed by atoms with Crippen molar-refractivity contribution in [1.29, 1.82) is 0 Å². The largest absolute Gasteiger partial charge is 0.342 e. The van der Waals surface area contributed by atoms with Gasteiger partial charge < -0.3 is 19.3 Å². The Hall–Kier alpha value is -5.07. The Morgan fingerprint density at radius 1 is 0.627 bits per heavy atom. The van der Waals surface area contributed by atoms with Crippen molar-refractivity contribution in [2.24, 2.45) is 0 Å². The fourth-order valence-corrected chi connectivity index (χ4v) is 7.07. The van der Waals surface area contributed by atoms with Gasteiger partial charge in [0.25, 0.3) is 11.8 Å². The lowest BCUT2D eigenvalue weighted by molar-refractivity contribution is -0.157. The lowest BCUT2D eigenvalue weighted by Gasteiger charge is -2.37. The summed E-state index contributed by atoms with van der Waals surface area (Å²) in [7, 11) is 2.76. The summed E-state index contributed by atoms with van der Waals surface area (Å²) in [6, 6.07) is 33.3. The van der Waals surface area contributed by atoms with Crippen molar-refractivity contribution in [2.75, 3.05) is 14.2 Å². The summed E-state index contributed by atoms with van der Waals surface area (Å²) in [5, 5.41) is 0. The molecule has 4 amide bonds. The van der Waals surface area contributed by atoms with Crippen LogP contribution in [0.3, 0.4) is 0 Å². The van der Waals surface area contributed by atoms with Gasteiger partial charge in [0.05, 0.1) is 26.3 Å². The maximum Gasteiger partial charge on any atom is 0.321 e. The Morgan fingerprint density at radius 2 is 1.02 bits per heavy atom. The van der Waals surface area contributed by atoms with E-state index in [1.165, 1.54) is 14.2 Å². The van der Waals surface area contributed by atoms with Crippen LogP contribution in [0.5, 0.6) is 0 Å². The number of ether oxygens (including phenoxy) is 2. The fourth-order valence-electron chi connectivity index (χ4n) is 7.07. The zero-order valence-corrected chi connectivity index (χ0v) is 29.3. The third-order valence-corrected chi connectivity index (χ3v) is 9.26. The molecular weight excluding hydrogens is 648 g/mol. The van der Waals surface area contributed by atoms with E-state index in [1.807, 2.05) is 72.2 Å². The molecule has 2 heterocycles. The first-order chi connectivity index (χ1) is 24.7. The van der Waals surface area contributed by atoms with Crippen molar-refractivity contribution in [3.63, 3.8) is 0 Å².